The van der Waals surface area contributed by atoms with Crippen LogP contribution in [0.5, 0.6) is 0 Å². The van der Waals surface area contributed by atoms with Gasteiger partial charge in [-0.15, -0.1) is 0 Å². The van der Waals surface area contributed by atoms with Gasteiger partial charge in [-0.25, -0.2) is 0 Å². The summed E-state index contributed by atoms with van der Waals surface area (Å²) in [5.74, 6) is 0. The molecule has 0 bridgehead atoms. The first kappa shape index (κ1) is 17.0. The molecule has 0 aliphatic rings. The van der Waals surface area contributed by atoms with Gasteiger partial charge in [-0.2, -0.15) is 0 Å². The van der Waals surface area contributed by atoms with E-state index in [1.54, 1.807) is 0 Å². The van der Waals surface area contributed by atoms with Gasteiger partial charge in [0.1, 0.15) is 0 Å². The first-order valence-electron chi connectivity index (χ1n) is 7.45. The van der Waals surface area contributed by atoms with Gasteiger partial charge in [0.2, 0.25) is 0 Å². The number of aliphatic hydroxyl groups excluding tert-OH is 1. The molecule has 0 aliphatic carbocycles. The van der Waals surface area contributed by atoms with E-state index in [1.165, 1.54) is 11.1 Å². The van der Waals surface area contributed by atoms with E-state index in [0.29, 0.717) is 0 Å². The summed E-state index contributed by atoms with van der Waals surface area (Å²) in [6.45, 7) is 17.0. The van der Waals surface area contributed by atoms with Crippen molar-refractivity contribution in [2.75, 3.05) is 5.32 Å². The summed E-state index contributed by atoms with van der Waals surface area (Å²) in [6, 6.07) is 6.29. The lowest BCUT2D eigenvalue weighted by molar-refractivity contribution is 0.0155. The predicted molar refractivity (Wildman–Crippen MR) is 88.2 cm³/mol. The molecule has 1 aromatic carbocycles. The van der Waals surface area contributed by atoms with Crippen LogP contribution in [0.3, 0.4) is 0 Å². The highest BCUT2D eigenvalue weighted by Crippen LogP contribution is 2.34. The molecule has 2 heteroatoms. The minimum atomic E-state index is -0.415. The summed E-state index contributed by atoms with van der Waals surface area (Å²) >= 11 is 0. The second-order valence-corrected chi connectivity index (χ2v) is 8.07. The summed E-state index contributed by atoms with van der Waals surface area (Å²) in [6.07, 6.45) is -0.415. The SMILES string of the molecule is Cc1cccc(C)c1NC(C(O)C(C)(C)C)C(C)(C)C. The van der Waals surface area contributed by atoms with E-state index in [4.69, 9.17) is 0 Å². The molecular formula is C18H31NO. The van der Waals surface area contributed by atoms with Crippen molar-refractivity contribution in [3.8, 4) is 0 Å². The van der Waals surface area contributed by atoms with Crippen molar-refractivity contribution in [2.24, 2.45) is 10.8 Å². The van der Waals surface area contributed by atoms with E-state index in [9.17, 15) is 5.11 Å². The van der Waals surface area contributed by atoms with Crippen molar-refractivity contribution in [3.63, 3.8) is 0 Å². The molecule has 0 saturated heterocycles. The molecule has 0 spiro atoms. The van der Waals surface area contributed by atoms with E-state index in [1.807, 2.05) is 0 Å². The summed E-state index contributed by atoms with van der Waals surface area (Å²) < 4.78 is 0. The molecule has 114 valence electrons. The zero-order valence-corrected chi connectivity index (χ0v) is 14.3. The van der Waals surface area contributed by atoms with Crippen LogP contribution in [-0.2, 0) is 0 Å². The number of rotatable bonds is 3. The van der Waals surface area contributed by atoms with Gasteiger partial charge < -0.3 is 10.4 Å². The molecule has 0 aliphatic heterocycles. The van der Waals surface area contributed by atoms with Gasteiger partial charge in [0.15, 0.2) is 0 Å². The maximum absolute atomic E-state index is 10.8. The molecule has 1 rings (SSSR count). The number of hydrogen-bond acceptors (Lipinski definition) is 2. The van der Waals surface area contributed by atoms with E-state index >= 15 is 0 Å². The zero-order chi connectivity index (χ0) is 15.7. The van der Waals surface area contributed by atoms with Crippen LogP contribution in [0.15, 0.2) is 18.2 Å². The Bertz CT molecular complexity index is 431. The van der Waals surface area contributed by atoms with E-state index in [2.05, 4.69) is 78.9 Å². The minimum absolute atomic E-state index is 0.00213. The van der Waals surface area contributed by atoms with E-state index < -0.39 is 6.10 Å². The normalized spacial score (nSPS) is 15.8. The van der Waals surface area contributed by atoms with Crippen molar-refractivity contribution in [3.05, 3.63) is 29.3 Å². The Hall–Kier alpha value is -1.02. The molecule has 0 amide bonds. The van der Waals surface area contributed by atoms with Crippen molar-refractivity contribution in [1.29, 1.82) is 0 Å². The molecular weight excluding hydrogens is 246 g/mol. The van der Waals surface area contributed by atoms with Crippen molar-refractivity contribution in [1.82, 2.24) is 0 Å². The predicted octanol–water partition coefficient (Wildman–Crippen LogP) is 4.54. The lowest BCUT2D eigenvalue weighted by Crippen LogP contribution is -2.50. The summed E-state index contributed by atoms with van der Waals surface area (Å²) in [4.78, 5) is 0. The van der Waals surface area contributed by atoms with Gasteiger partial charge in [0.25, 0.3) is 0 Å². The van der Waals surface area contributed by atoms with Gasteiger partial charge in [0, 0.05) is 5.69 Å². The highest BCUT2D eigenvalue weighted by atomic mass is 16.3. The van der Waals surface area contributed by atoms with Crippen LogP contribution in [0.4, 0.5) is 5.69 Å². The van der Waals surface area contributed by atoms with Crippen LogP contribution in [0, 0.1) is 24.7 Å². The minimum Gasteiger partial charge on any atom is -0.390 e. The second-order valence-electron chi connectivity index (χ2n) is 8.07. The monoisotopic (exact) mass is 277 g/mol. The fourth-order valence-electron chi connectivity index (χ4n) is 2.47. The van der Waals surface area contributed by atoms with E-state index in [-0.39, 0.29) is 16.9 Å². The van der Waals surface area contributed by atoms with Gasteiger partial charge in [-0.1, -0.05) is 59.7 Å². The molecule has 0 aromatic heterocycles. The van der Waals surface area contributed by atoms with Crippen molar-refractivity contribution in [2.45, 2.75) is 67.5 Å². The van der Waals surface area contributed by atoms with Crippen LogP contribution in [-0.4, -0.2) is 17.3 Å². The number of aryl methyl sites for hydroxylation is 2. The third-order valence-electron chi connectivity index (χ3n) is 3.92. The molecule has 2 N–H and O–H groups in total. The van der Waals surface area contributed by atoms with Crippen LogP contribution in [0.1, 0.15) is 52.7 Å². The summed E-state index contributed by atoms with van der Waals surface area (Å²) in [5, 5.41) is 14.4. The maximum Gasteiger partial charge on any atom is 0.0794 e. The fourth-order valence-corrected chi connectivity index (χ4v) is 2.47. The number of benzene rings is 1. The molecule has 0 fully saturated rings. The molecule has 0 radical (unpaired) electrons. The summed E-state index contributed by atoms with van der Waals surface area (Å²) in [7, 11) is 0. The Labute approximate surface area is 124 Å². The molecule has 1 aromatic rings. The maximum atomic E-state index is 10.8. The van der Waals surface area contributed by atoms with Crippen molar-refractivity contribution < 1.29 is 5.11 Å². The molecule has 0 heterocycles. The lowest BCUT2D eigenvalue weighted by Gasteiger charge is -2.42. The first-order valence-corrected chi connectivity index (χ1v) is 7.45. The first-order chi connectivity index (χ1) is 8.94. The number of nitrogens with one attached hydrogen (secondary N) is 1. The molecule has 2 nitrogen and oxygen atoms in total. The number of hydrogen-bond donors (Lipinski definition) is 2. The van der Waals surface area contributed by atoms with E-state index in [0.717, 1.165) is 5.69 Å². The van der Waals surface area contributed by atoms with Crippen LogP contribution < -0.4 is 5.32 Å². The topological polar surface area (TPSA) is 32.3 Å². The van der Waals surface area contributed by atoms with Crippen LogP contribution in [0.25, 0.3) is 0 Å². The Morgan fingerprint density at radius 3 is 1.70 bits per heavy atom. The second kappa shape index (κ2) is 5.77. The molecule has 0 saturated carbocycles. The Morgan fingerprint density at radius 2 is 1.35 bits per heavy atom. The quantitative estimate of drug-likeness (QED) is 0.850. The molecule has 2 atom stereocenters. The number of anilines is 1. The van der Waals surface area contributed by atoms with Gasteiger partial charge in [0.05, 0.1) is 12.1 Å². The molecule has 2 unspecified atom stereocenters. The number of para-hydroxylation sites is 1. The Balaban J connectivity index is 3.15. The third-order valence-corrected chi connectivity index (χ3v) is 3.92. The molecule has 20 heavy (non-hydrogen) atoms. The fraction of sp³-hybridized carbons (Fsp3) is 0.667. The van der Waals surface area contributed by atoms with Gasteiger partial charge in [-0.05, 0) is 35.8 Å². The zero-order valence-electron chi connectivity index (χ0n) is 14.3. The average molecular weight is 277 g/mol. The largest absolute Gasteiger partial charge is 0.390 e. The lowest BCUT2D eigenvalue weighted by atomic mass is 9.74. The summed E-state index contributed by atoms with van der Waals surface area (Å²) in [5.41, 5.74) is 3.42. The third kappa shape index (κ3) is 3.99. The Morgan fingerprint density at radius 1 is 0.900 bits per heavy atom. The standard InChI is InChI=1S/C18H31NO/c1-12-10-9-11-13(2)14(12)19-15(17(3,4)5)16(20)18(6,7)8/h9-11,15-16,19-20H,1-8H3. The highest BCUT2D eigenvalue weighted by Gasteiger charge is 2.38. The van der Waals surface area contributed by atoms with Gasteiger partial charge >= 0.3 is 0 Å². The van der Waals surface area contributed by atoms with Crippen LogP contribution in [0.2, 0.25) is 0 Å². The van der Waals surface area contributed by atoms with Gasteiger partial charge in [-0.3, -0.25) is 0 Å². The highest BCUT2D eigenvalue weighted by molar-refractivity contribution is 5.57. The number of aliphatic hydroxyl groups is 1. The average Bonchev–Trinajstić information content (AvgIpc) is 2.24. The smallest absolute Gasteiger partial charge is 0.0794 e. The van der Waals surface area contributed by atoms with Crippen LogP contribution >= 0.6 is 0 Å². The Kier molecular flexibility index (Phi) is 4.91. The van der Waals surface area contributed by atoms with Crippen molar-refractivity contribution >= 4 is 5.69 Å².